The molecule has 2 aliphatic rings. The minimum atomic E-state index is 0.663. The predicted octanol–water partition coefficient (Wildman–Crippen LogP) is 0.585. The summed E-state index contributed by atoms with van der Waals surface area (Å²) < 4.78 is 0. The zero-order valence-electron chi connectivity index (χ0n) is 7.06. The molecule has 0 amide bonds. The smallest absolute Gasteiger partial charge is 0.112 e. The van der Waals surface area contributed by atoms with Crippen molar-refractivity contribution in [3.63, 3.8) is 0 Å². The molecule has 0 spiro atoms. The molecule has 3 nitrogen and oxygen atoms in total. The van der Waals surface area contributed by atoms with Gasteiger partial charge in [-0.1, -0.05) is 0 Å². The van der Waals surface area contributed by atoms with Crippen LogP contribution >= 0.6 is 0 Å². The zero-order valence-corrected chi connectivity index (χ0v) is 7.06. The summed E-state index contributed by atoms with van der Waals surface area (Å²) in [6.07, 6.45) is 3.69. The van der Waals surface area contributed by atoms with E-state index in [1.807, 2.05) is 0 Å². The molecule has 1 saturated heterocycles. The molecular weight excluding hydrogens is 150 g/mol. The van der Waals surface area contributed by atoms with E-state index in [0.29, 0.717) is 5.92 Å². The normalized spacial score (nSPS) is 22.3. The van der Waals surface area contributed by atoms with Crippen LogP contribution in [0.1, 0.15) is 29.6 Å². The third kappa shape index (κ3) is 0.829. The fourth-order valence-electron chi connectivity index (χ4n) is 1.99. The Morgan fingerprint density at radius 3 is 2.83 bits per heavy atom. The van der Waals surface area contributed by atoms with Crippen molar-refractivity contribution in [3.05, 3.63) is 17.2 Å². The molecule has 3 rings (SSSR count). The van der Waals surface area contributed by atoms with Crippen molar-refractivity contribution in [1.82, 2.24) is 15.3 Å². The minimum absolute atomic E-state index is 0.663. The number of hydrogen-bond donors (Lipinski definition) is 2. The molecule has 2 heterocycles. The SMILES string of the molecule is C1Cc2nc(C3CNC3)[nH]c2C1. The van der Waals surface area contributed by atoms with Gasteiger partial charge in [0.05, 0.1) is 5.69 Å². The molecule has 12 heavy (non-hydrogen) atoms. The van der Waals surface area contributed by atoms with E-state index in [9.17, 15) is 0 Å². The fraction of sp³-hybridized carbons (Fsp3) is 0.667. The van der Waals surface area contributed by atoms with E-state index in [2.05, 4.69) is 15.3 Å². The molecule has 0 radical (unpaired) electrons. The highest BCUT2D eigenvalue weighted by molar-refractivity contribution is 5.22. The quantitative estimate of drug-likeness (QED) is 0.636. The van der Waals surface area contributed by atoms with Crippen LogP contribution in [0.4, 0.5) is 0 Å². The van der Waals surface area contributed by atoms with Crippen LogP contribution in [0, 0.1) is 0 Å². The van der Waals surface area contributed by atoms with Crippen molar-refractivity contribution in [1.29, 1.82) is 0 Å². The average Bonchev–Trinajstić information content (AvgIpc) is 2.40. The maximum Gasteiger partial charge on any atom is 0.112 e. The van der Waals surface area contributed by atoms with Crippen LogP contribution in [0.2, 0.25) is 0 Å². The molecule has 1 aromatic heterocycles. The molecule has 3 heteroatoms. The van der Waals surface area contributed by atoms with E-state index in [0.717, 1.165) is 13.1 Å². The molecule has 0 unspecified atom stereocenters. The van der Waals surface area contributed by atoms with E-state index in [-0.39, 0.29) is 0 Å². The lowest BCUT2D eigenvalue weighted by molar-refractivity contribution is 0.431. The molecule has 0 atom stereocenters. The van der Waals surface area contributed by atoms with Gasteiger partial charge in [-0.05, 0) is 19.3 Å². The molecule has 1 aliphatic heterocycles. The molecule has 0 saturated carbocycles. The van der Waals surface area contributed by atoms with Crippen LogP contribution < -0.4 is 5.32 Å². The van der Waals surface area contributed by atoms with Gasteiger partial charge in [0.15, 0.2) is 0 Å². The van der Waals surface area contributed by atoms with Crippen LogP contribution in [0.3, 0.4) is 0 Å². The number of nitrogens with zero attached hydrogens (tertiary/aromatic N) is 1. The summed E-state index contributed by atoms with van der Waals surface area (Å²) in [6.45, 7) is 2.21. The highest BCUT2D eigenvalue weighted by atomic mass is 15.0. The number of nitrogens with one attached hydrogen (secondary N) is 2. The first kappa shape index (κ1) is 6.66. The summed E-state index contributed by atoms with van der Waals surface area (Å²) in [5, 5.41) is 3.26. The molecule has 64 valence electrons. The van der Waals surface area contributed by atoms with Crippen molar-refractivity contribution in [2.24, 2.45) is 0 Å². The third-order valence-corrected chi connectivity index (χ3v) is 2.89. The van der Waals surface area contributed by atoms with Crippen molar-refractivity contribution >= 4 is 0 Å². The number of H-pyrrole nitrogens is 1. The second-order valence-electron chi connectivity index (χ2n) is 3.76. The van der Waals surface area contributed by atoms with Crippen molar-refractivity contribution in [2.75, 3.05) is 13.1 Å². The molecule has 1 aromatic rings. The standard InChI is InChI=1S/C9H13N3/c1-2-7-8(3-1)12-9(11-7)6-4-10-5-6/h6,10H,1-5H2,(H,11,12). The minimum Gasteiger partial charge on any atom is -0.345 e. The number of hydrogen-bond acceptors (Lipinski definition) is 2. The van der Waals surface area contributed by atoms with Gasteiger partial charge in [-0.3, -0.25) is 0 Å². The van der Waals surface area contributed by atoms with Crippen molar-refractivity contribution in [2.45, 2.75) is 25.2 Å². The molecule has 0 aromatic carbocycles. The lowest BCUT2D eigenvalue weighted by atomic mass is 10.0. The second kappa shape index (κ2) is 2.33. The van der Waals surface area contributed by atoms with Gasteiger partial charge in [0.2, 0.25) is 0 Å². The number of aromatic nitrogens is 2. The van der Waals surface area contributed by atoms with E-state index >= 15 is 0 Å². The zero-order chi connectivity index (χ0) is 7.97. The van der Waals surface area contributed by atoms with Crippen LogP contribution in [-0.4, -0.2) is 23.1 Å². The Balaban J connectivity index is 1.92. The summed E-state index contributed by atoms with van der Waals surface area (Å²) in [6, 6.07) is 0. The fourth-order valence-corrected chi connectivity index (χ4v) is 1.99. The van der Waals surface area contributed by atoms with Crippen molar-refractivity contribution in [3.8, 4) is 0 Å². The van der Waals surface area contributed by atoms with Gasteiger partial charge in [-0.15, -0.1) is 0 Å². The number of rotatable bonds is 1. The monoisotopic (exact) mass is 163 g/mol. The van der Waals surface area contributed by atoms with Gasteiger partial charge in [0.1, 0.15) is 5.82 Å². The Labute approximate surface area is 71.6 Å². The van der Waals surface area contributed by atoms with Gasteiger partial charge in [-0.2, -0.15) is 0 Å². The number of aryl methyl sites for hydroxylation is 2. The Bertz CT molecular complexity index is 277. The maximum atomic E-state index is 4.62. The number of fused-ring (bicyclic) bond motifs is 1. The van der Waals surface area contributed by atoms with E-state index in [1.54, 1.807) is 0 Å². The highest BCUT2D eigenvalue weighted by Gasteiger charge is 2.24. The maximum absolute atomic E-state index is 4.62. The Morgan fingerprint density at radius 1 is 1.25 bits per heavy atom. The second-order valence-corrected chi connectivity index (χ2v) is 3.76. The molecule has 1 aliphatic carbocycles. The highest BCUT2D eigenvalue weighted by Crippen LogP contribution is 2.24. The summed E-state index contributed by atoms with van der Waals surface area (Å²) in [4.78, 5) is 8.06. The average molecular weight is 163 g/mol. The summed E-state index contributed by atoms with van der Waals surface area (Å²) >= 11 is 0. The van der Waals surface area contributed by atoms with Gasteiger partial charge in [0, 0.05) is 24.7 Å². The van der Waals surface area contributed by atoms with Crippen LogP contribution in [-0.2, 0) is 12.8 Å². The van der Waals surface area contributed by atoms with Gasteiger partial charge in [-0.25, -0.2) is 4.98 Å². The van der Waals surface area contributed by atoms with E-state index in [4.69, 9.17) is 0 Å². The summed E-state index contributed by atoms with van der Waals surface area (Å²) in [5.74, 6) is 1.88. The first-order valence-electron chi connectivity index (χ1n) is 4.72. The molecule has 1 fully saturated rings. The lowest BCUT2D eigenvalue weighted by Crippen LogP contribution is -2.40. The van der Waals surface area contributed by atoms with Crippen LogP contribution in [0.5, 0.6) is 0 Å². The molecule has 0 bridgehead atoms. The molecular formula is C9H13N3. The Morgan fingerprint density at radius 2 is 2.17 bits per heavy atom. The largest absolute Gasteiger partial charge is 0.345 e. The van der Waals surface area contributed by atoms with Crippen LogP contribution in [0.25, 0.3) is 0 Å². The van der Waals surface area contributed by atoms with Gasteiger partial charge in [0.25, 0.3) is 0 Å². The first-order chi connectivity index (χ1) is 5.93. The third-order valence-electron chi connectivity index (χ3n) is 2.89. The Hall–Kier alpha value is -0.830. The molecule has 2 N–H and O–H groups in total. The van der Waals surface area contributed by atoms with E-state index in [1.165, 1.54) is 36.5 Å². The van der Waals surface area contributed by atoms with Gasteiger partial charge >= 0.3 is 0 Å². The topological polar surface area (TPSA) is 40.7 Å². The predicted molar refractivity (Wildman–Crippen MR) is 46.2 cm³/mol. The van der Waals surface area contributed by atoms with E-state index < -0.39 is 0 Å². The Kier molecular flexibility index (Phi) is 1.29. The lowest BCUT2D eigenvalue weighted by Gasteiger charge is -2.24. The summed E-state index contributed by atoms with van der Waals surface area (Å²) in [7, 11) is 0. The summed E-state index contributed by atoms with van der Waals surface area (Å²) in [5.41, 5.74) is 2.73. The van der Waals surface area contributed by atoms with Crippen molar-refractivity contribution < 1.29 is 0 Å². The number of aromatic amines is 1. The first-order valence-corrected chi connectivity index (χ1v) is 4.72. The van der Waals surface area contributed by atoms with Gasteiger partial charge < -0.3 is 10.3 Å². The van der Waals surface area contributed by atoms with Crippen LogP contribution in [0.15, 0.2) is 0 Å². The number of imidazole rings is 1.